The van der Waals surface area contributed by atoms with Gasteiger partial charge in [0, 0.05) is 0 Å². The Labute approximate surface area is 135 Å². The zero-order chi connectivity index (χ0) is 14.5. The average molecular weight is 334 g/mol. The van der Waals surface area contributed by atoms with Crippen LogP contribution >= 0.6 is 19.7 Å². The molecule has 0 aliphatic heterocycles. The zero-order valence-electron chi connectivity index (χ0n) is 11.8. The standard InChI is InChI=1S/C16H20.2ClH.V/c1-15(2,13-9-5-6-10-13)16(3,4)14-11-7-8-12-14;;;/h5-12H,1-4H3;2*1H;/q;;;+2/p-2. The van der Waals surface area contributed by atoms with Gasteiger partial charge in [-0.2, -0.15) is 0 Å². The number of hydrogen-bond acceptors (Lipinski definition) is 0. The van der Waals surface area contributed by atoms with Gasteiger partial charge in [-0.15, -0.1) is 0 Å². The molecular formula is C16H20Cl2V. The molecule has 2 saturated carbocycles. The van der Waals surface area contributed by atoms with Crippen LogP contribution in [0.2, 0.25) is 0 Å². The molecule has 0 aromatic rings. The fraction of sp³-hybridized carbons (Fsp3) is 0.375. The van der Waals surface area contributed by atoms with Gasteiger partial charge in [0.05, 0.1) is 0 Å². The summed E-state index contributed by atoms with van der Waals surface area (Å²) in [7, 11) is 9.72. The predicted octanol–water partition coefficient (Wildman–Crippen LogP) is 5.23. The van der Waals surface area contributed by atoms with E-state index in [9.17, 15) is 0 Å². The summed E-state index contributed by atoms with van der Waals surface area (Å²) in [6.45, 7) is 9.31. The predicted molar refractivity (Wildman–Crippen MR) is 80.2 cm³/mol. The van der Waals surface area contributed by atoms with Crippen LogP contribution in [0.1, 0.15) is 27.7 Å². The third-order valence-electron chi connectivity index (χ3n) is 4.33. The van der Waals surface area contributed by atoms with Crippen LogP contribution in [0.4, 0.5) is 0 Å². The maximum absolute atomic E-state index is 4.86. The van der Waals surface area contributed by atoms with E-state index >= 15 is 0 Å². The van der Waals surface area contributed by atoms with Gasteiger partial charge in [-0.05, 0) is 74.0 Å². The summed E-state index contributed by atoms with van der Waals surface area (Å²) in [5.74, 6) is 2.83. The minimum atomic E-state index is -0.368. The van der Waals surface area contributed by atoms with E-state index in [0.717, 1.165) is 0 Å². The van der Waals surface area contributed by atoms with Gasteiger partial charge in [0.15, 0.2) is 0 Å². The first-order chi connectivity index (χ1) is 8.87. The molecule has 2 aliphatic rings. The van der Waals surface area contributed by atoms with Crippen LogP contribution in [0.25, 0.3) is 0 Å². The third-order valence-corrected chi connectivity index (χ3v) is 4.33. The molecule has 0 amide bonds. The fourth-order valence-corrected chi connectivity index (χ4v) is 2.30. The number of rotatable bonds is 3. The molecule has 0 N–H and O–H groups in total. The maximum atomic E-state index is 4.86. The summed E-state index contributed by atoms with van der Waals surface area (Å²) < 4.78 is 0. The van der Waals surface area contributed by atoms with E-state index in [0.29, 0.717) is 0 Å². The second-order valence-corrected chi connectivity index (χ2v) is 7.97. The van der Waals surface area contributed by atoms with Crippen molar-refractivity contribution < 1.29 is 14.4 Å². The fourth-order valence-electron chi connectivity index (χ4n) is 2.30. The van der Waals surface area contributed by atoms with E-state index in [4.69, 9.17) is 19.7 Å². The summed E-state index contributed by atoms with van der Waals surface area (Å²) >= 11 is -0.368. The van der Waals surface area contributed by atoms with Crippen molar-refractivity contribution in [2.45, 2.75) is 27.7 Å². The molecule has 0 spiro atoms. The Morgan fingerprint density at radius 3 is 1.11 bits per heavy atom. The Morgan fingerprint density at radius 2 is 0.895 bits per heavy atom. The van der Waals surface area contributed by atoms with Crippen LogP contribution in [0, 0.1) is 74.0 Å². The molecule has 0 heterocycles. The first kappa shape index (κ1) is 18.2. The van der Waals surface area contributed by atoms with Crippen molar-refractivity contribution in [2.75, 3.05) is 0 Å². The molecule has 19 heavy (non-hydrogen) atoms. The molecule has 0 aromatic carbocycles. The van der Waals surface area contributed by atoms with Crippen molar-refractivity contribution in [3.63, 3.8) is 0 Å². The van der Waals surface area contributed by atoms with Crippen LogP contribution in [0.5, 0.6) is 0 Å². The van der Waals surface area contributed by atoms with Crippen molar-refractivity contribution in [3.05, 3.63) is 63.2 Å². The van der Waals surface area contributed by atoms with Crippen LogP contribution in [0.15, 0.2) is 0 Å². The summed E-state index contributed by atoms with van der Waals surface area (Å²) in [6, 6.07) is 0. The molecule has 2 fully saturated rings. The Bertz CT molecular complexity index is 225. The van der Waals surface area contributed by atoms with Crippen molar-refractivity contribution >= 4 is 19.7 Å². The molecule has 0 nitrogen and oxygen atoms in total. The summed E-state index contributed by atoms with van der Waals surface area (Å²) in [4.78, 5) is 0. The van der Waals surface area contributed by atoms with Gasteiger partial charge in [-0.3, -0.25) is 0 Å². The van der Waals surface area contributed by atoms with Gasteiger partial charge in [0.1, 0.15) is 0 Å². The van der Waals surface area contributed by atoms with E-state index in [-0.39, 0.29) is 25.2 Å². The first-order valence-electron chi connectivity index (χ1n) is 6.24. The van der Waals surface area contributed by atoms with E-state index in [1.165, 1.54) is 11.8 Å². The normalized spacial score (nSPS) is 22.2. The number of halogens is 2. The van der Waals surface area contributed by atoms with Crippen LogP contribution in [0.3, 0.4) is 0 Å². The second kappa shape index (κ2) is 7.97. The summed E-state index contributed by atoms with van der Waals surface area (Å²) in [5, 5.41) is 0. The molecule has 3 heteroatoms. The minimum absolute atomic E-state index is 0.144. The first-order valence-corrected chi connectivity index (χ1v) is 10.1. The van der Waals surface area contributed by atoms with Crippen LogP contribution in [-0.2, 0) is 14.4 Å². The molecule has 0 bridgehead atoms. The van der Waals surface area contributed by atoms with Gasteiger partial charge >= 0.3 is 34.1 Å². The molecule has 0 saturated heterocycles. The van der Waals surface area contributed by atoms with Crippen molar-refractivity contribution in [3.8, 4) is 0 Å². The van der Waals surface area contributed by atoms with E-state index < -0.39 is 0 Å². The van der Waals surface area contributed by atoms with E-state index in [1.54, 1.807) is 0 Å². The zero-order valence-corrected chi connectivity index (χ0v) is 14.7. The molecule has 0 atom stereocenters. The second-order valence-electron chi connectivity index (χ2n) is 5.66. The van der Waals surface area contributed by atoms with Gasteiger partial charge in [-0.1, -0.05) is 27.7 Å². The SMILES string of the molecule is CC(C)([C]1[CH][CH][CH][CH]1)C(C)(C)[C]1[CH][CH][CH][CH]1.[Cl][V][Cl]. The Morgan fingerprint density at radius 1 is 0.684 bits per heavy atom. The Balaban J connectivity index is 0.000000550. The van der Waals surface area contributed by atoms with Crippen molar-refractivity contribution in [1.29, 1.82) is 0 Å². The van der Waals surface area contributed by atoms with Crippen LogP contribution in [-0.4, -0.2) is 0 Å². The molecule has 2 aliphatic carbocycles. The molecule has 0 unspecified atom stereocenters. The molecular weight excluding hydrogens is 314 g/mol. The average Bonchev–Trinajstić information content (AvgIpc) is 3.04. The van der Waals surface area contributed by atoms with Gasteiger partial charge < -0.3 is 0 Å². The van der Waals surface area contributed by atoms with Gasteiger partial charge in [-0.25, -0.2) is 0 Å². The molecule has 0 aromatic heterocycles. The number of hydrogen-bond donors (Lipinski definition) is 0. The monoisotopic (exact) mass is 333 g/mol. The molecule has 10 radical (unpaired) electrons. The Hall–Kier alpha value is 1.16. The summed E-state index contributed by atoms with van der Waals surface area (Å²) in [5.41, 5.74) is 0.287. The Kier molecular flexibility index (Phi) is 7.64. The van der Waals surface area contributed by atoms with Crippen molar-refractivity contribution in [1.82, 2.24) is 0 Å². The molecule has 2 rings (SSSR count). The third kappa shape index (κ3) is 4.32. The summed E-state index contributed by atoms with van der Waals surface area (Å²) in [6.07, 6.45) is 17.4. The molecule has 103 valence electrons. The topological polar surface area (TPSA) is 0 Å². The van der Waals surface area contributed by atoms with Crippen LogP contribution < -0.4 is 0 Å². The quantitative estimate of drug-likeness (QED) is 0.663. The van der Waals surface area contributed by atoms with Gasteiger partial charge in [0.2, 0.25) is 0 Å². The van der Waals surface area contributed by atoms with E-state index in [2.05, 4.69) is 79.1 Å². The van der Waals surface area contributed by atoms with E-state index in [1.807, 2.05) is 0 Å². The van der Waals surface area contributed by atoms with Gasteiger partial charge in [0.25, 0.3) is 0 Å². The van der Waals surface area contributed by atoms with Crippen molar-refractivity contribution in [2.24, 2.45) is 10.8 Å².